The van der Waals surface area contributed by atoms with Crippen LogP contribution in [0.4, 0.5) is 0 Å². The van der Waals surface area contributed by atoms with Crippen molar-refractivity contribution in [1.29, 1.82) is 0 Å². The largest absolute Gasteiger partial charge is 0.352 e. The number of amides is 1. The van der Waals surface area contributed by atoms with Gasteiger partial charge < -0.3 is 15.6 Å². The molecule has 4 unspecified atom stereocenters. The molecule has 3 N–H and O–H groups in total. The number of hydrogen-bond donors (Lipinski definition) is 2. The van der Waals surface area contributed by atoms with E-state index in [0.717, 1.165) is 18.5 Å². The molecule has 0 saturated heterocycles. The summed E-state index contributed by atoms with van der Waals surface area (Å²) in [7, 11) is 0. The minimum atomic E-state index is 0. The molecule has 2 aromatic rings. The highest BCUT2D eigenvalue weighted by atomic mass is 35.5. The molecule has 1 amide bonds. The predicted molar refractivity (Wildman–Crippen MR) is 106 cm³/mol. The van der Waals surface area contributed by atoms with Crippen LogP contribution < -0.4 is 11.1 Å². The zero-order chi connectivity index (χ0) is 16.5. The van der Waals surface area contributed by atoms with Gasteiger partial charge in [-0.25, -0.2) is 4.98 Å². The molecule has 5 nitrogen and oxygen atoms in total. The fraction of sp³-hybridized carbons (Fsp3) is 0.474. The number of nitrogens with zero attached hydrogens (tertiary/aromatic N) is 2. The number of halogens is 2. The molecule has 1 heterocycles. The summed E-state index contributed by atoms with van der Waals surface area (Å²) in [5.41, 5.74) is 8.59. The average Bonchev–Trinajstić information content (AvgIpc) is 3.31. The fourth-order valence-corrected chi connectivity index (χ4v) is 4.39. The van der Waals surface area contributed by atoms with Gasteiger partial charge in [-0.1, -0.05) is 24.3 Å². The molecule has 2 fully saturated rings. The molecule has 142 valence electrons. The highest BCUT2D eigenvalue weighted by Gasteiger charge is 2.48. The van der Waals surface area contributed by atoms with Crippen LogP contribution in [0.3, 0.4) is 0 Å². The van der Waals surface area contributed by atoms with E-state index in [1.807, 2.05) is 17.1 Å². The minimum Gasteiger partial charge on any atom is -0.352 e. The summed E-state index contributed by atoms with van der Waals surface area (Å²) in [4.78, 5) is 16.5. The van der Waals surface area contributed by atoms with Gasteiger partial charge in [-0.2, -0.15) is 0 Å². The van der Waals surface area contributed by atoms with Gasteiger partial charge >= 0.3 is 0 Å². The van der Waals surface area contributed by atoms with Crippen molar-refractivity contribution in [2.45, 2.75) is 38.4 Å². The maximum absolute atomic E-state index is 12.5. The van der Waals surface area contributed by atoms with E-state index in [4.69, 9.17) is 5.73 Å². The highest BCUT2D eigenvalue weighted by Crippen LogP contribution is 2.47. The summed E-state index contributed by atoms with van der Waals surface area (Å²) < 4.78 is 2.04. The van der Waals surface area contributed by atoms with Crippen LogP contribution >= 0.6 is 24.8 Å². The Bertz CT molecular complexity index is 703. The van der Waals surface area contributed by atoms with E-state index in [1.54, 1.807) is 6.20 Å². The summed E-state index contributed by atoms with van der Waals surface area (Å²) in [5.74, 6) is 1.22. The summed E-state index contributed by atoms with van der Waals surface area (Å²) in [6.45, 7) is 1.39. The van der Waals surface area contributed by atoms with Crippen molar-refractivity contribution in [3.8, 4) is 0 Å². The second kappa shape index (κ2) is 8.89. The van der Waals surface area contributed by atoms with E-state index in [0.29, 0.717) is 18.4 Å². The molecule has 0 spiro atoms. The van der Waals surface area contributed by atoms with E-state index in [1.165, 1.54) is 18.4 Å². The third kappa shape index (κ3) is 4.22. The normalized spacial score (nSPS) is 26.0. The van der Waals surface area contributed by atoms with E-state index >= 15 is 0 Å². The Kier molecular flexibility index (Phi) is 7.09. The Balaban J connectivity index is 0.00000121. The first-order valence-corrected chi connectivity index (χ1v) is 8.77. The topological polar surface area (TPSA) is 72.9 Å². The SMILES string of the molecule is Cl.Cl.NC1C2CCC(C2)C1C(=O)NCc1ccc(Cn2ccnc2)cc1. The minimum absolute atomic E-state index is 0. The van der Waals surface area contributed by atoms with Crippen molar-refractivity contribution >= 4 is 30.7 Å². The molecule has 2 aliphatic rings. The van der Waals surface area contributed by atoms with Crippen molar-refractivity contribution in [2.24, 2.45) is 23.5 Å². The molecule has 7 heteroatoms. The molecule has 1 aromatic heterocycles. The van der Waals surface area contributed by atoms with E-state index < -0.39 is 0 Å². The van der Waals surface area contributed by atoms with Crippen LogP contribution in [0.1, 0.15) is 30.4 Å². The number of nitrogens with two attached hydrogens (primary N) is 1. The van der Waals surface area contributed by atoms with Crippen LogP contribution in [-0.4, -0.2) is 21.5 Å². The molecule has 26 heavy (non-hydrogen) atoms. The lowest BCUT2D eigenvalue weighted by molar-refractivity contribution is -0.127. The first-order valence-electron chi connectivity index (χ1n) is 8.77. The molecule has 2 saturated carbocycles. The summed E-state index contributed by atoms with van der Waals surface area (Å²) in [6.07, 6.45) is 9.05. The third-order valence-corrected chi connectivity index (χ3v) is 5.70. The number of aromatic nitrogens is 2. The number of fused-ring (bicyclic) bond motifs is 2. The maximum atomic E-state index is 12.5. The van der Waals surface area contributed by atoms with Gasteiger partial charge in [-0.05, 0) is 42.2 Å². The molecular formula is C19H26Cl2N4O. The van der Waals surface area contributed by atoms with Crippen LogP contribution in [0, 0.1) is 17.8 Å². The lowest BCUT2D eigenvalue weighted by Crippen LogP contribution is -2.45. The van der Waals surface area contributed by atoms with Gasteiger partial charge in [-0.15, -0.1) is 24.8 Å². The molecule has 0 radical (unpaired) electrons. The monoisotopic (exact) mass is 396 g/mol. The van der Waals surface area contributed by atoms with E-state index in [9.17, 15) is 4.79 Å². The molecular weight excluding hydrogens is 371 g/mol. The lowest BCUT2D eigenvalue weighted by Gasteiger charge is -2.27. The van der Waals surface area contributed by atoms with Gasteiger partial charge in [0.05, 0.1) is 12.2 Å². The van der Waals surface area contributed by atoms with Gasteiger partial charge in [-0.3, -0.25) is 4.79 Å². The van der Waals surface area contributed by atoms with Crippen LogP contribution in [-0.2, 0) is 17.9 Å². The predicted octanol–water partition coefficient (Wildman–Crippen LogP) is 2.76. The Morgan fingerprint density at radius 1 is 1.15 bits per heavy atom. The number of hydrogen-bond acceptors (Lipinski definition) is 3. The molecule has 1 aromatic carbocycles. The number of carbonyl (C=O) groups is 1. The first kappa shape index (κ1) is 20.7. The average molecular weight is 397 g/mol. The Morgan fingerprint density at radius 2 is 1.85 bits per heavy atom. The van der Waals surface area contributed by atoms with Crippen molar-refractivity contribution < 1.29 is 4.79 Å². The highest BCUT2D eigenvalue weighted by molar-refractivity contribution is 5.85. The van der Waals surface area contributed by atoms with Crippen LogP contribution in [0.25, 0.3) is 0 Å². The lowest BCUT2D eigenvalue weighted by atomic mass is 9.84. The van der Waals surface area contributed by atoms with Crippen molar-refractivity contribution in [3.05, 3.63) is 54.1 Å². The van der Waals surface area contributed by atoms with Crippen molar-refractivity contribution in [1.82, 2.24) is 14.9 Å². The Hall–Kier alpha value is -1.56. The second-order valence-electron chi connectivity index (χ2n) is 7.21. The summed E-state index contributed by atoms with van der Waals surface area (Å²) in [6, 6.07) is 8.41. The van der Waals surface area contributed by atoms with Crippen LogP contribution in [0.2, 0.25) is 0 Å². The standard InChI is InChI=1S/C19H24N4O.2ClH/c20-18-16-6-5-15(9-16)17(18)19(24)22-10-13-1-3-14(4-2-13)11-23-8-7-21-12-23;;/h1-4,7-8,12,15-18H,5-6,9-11,20H2,(H,22,24);2*1H. The first-order chi connectivity index (χ1) is 11.7. The van der Waals surface area contributed by atoms with Gasteiger partial charge in [0, 0.05) is 31.5 Å². The molecule has 0 aliphatic heterocycles. The van der Waals surface area contributed by atoms with Gasteiger partial charge in [0.15, 0.2) is 0 Å². The van der Waals surface area contributed by atoms with Crippen molar-refractivity contribution in [3.63, 3.8) is 0 Å². The van der Waals surface area contributed by atoms with Crippen LogP contribution in [0.15, 0.2) is 43.0 Å². The maximum Gasteiger partial charge on any atom is 0.225 e. The third-order valence-electron chi connectivity index (χ3n) is 5.70. The Morgan fingerprint density at radius 3 is 2.46 bits per heavy atom. The summed E-state index contributed by atoms with van der Waals surface area (Å²) >= 11 is 0. The second-order valence-corrected chi connectivity index (χ2v) is 7.21. The molecule has 4 atom stereocenters. The quantitative estimate of drug-likeness (QED) is 0.815. The number of imidazole rings is 1. The van der Waals surface area contributed by atoms with Crippen molar-refractivity contribution in [2.75, 3.05) is 0 Å². The van der Waals surface area contributed by atoms with Crippen LogP contribution in [0.5, 0.6) is 0 Å². The van der Waals surface area contributed by atoms with E-state index in [2.05, 4.69) is 34.6 Å². The zero-order valence-electron chi connectivity index (χ0n) is 14.6. The van der Waals surface area contributed by atoms with E-state index in [-0.39, 0.29) is 42.7 Å². The number of benzene rings is 1. The number of carbonyl (C=O) groups excluding carboxylic acids is 1. The Labute approximate surface area is 166 Å². The van der Waals surface area contributed by atoms with Gasteiger partial charge in [0.2, 0.25) is 5.91 Å². The number of rotatable bonds is 5. The summed E-state index contributed by atoms with van der Waals surface area (Å²) in [5, 5.41) is 3.09. The van der Waals surface area contributed by atoms with Gasteiger partial charge in [0.25, 0.3) is 0 Å². The number of nitrogens with one attached hydrogen (secondary N) is 1. The molecule has 4 rings (SSSR count). The molecule has 2 bridgehead atoms. The zero-order valence-corrected chi connectivity index (χ0v) is 16.2. The van der Waals surface area contributed by atoms with Gasteiger partial charge in [0.1, 0.15) is 0 Å². The fourth-order valence-electron chi connectivity index (χ4n) is 4.39. The smallest absolute Gasteiger partial charge is 0.225 e. The molecule has 2 aliphatic carbocycles.